The van der Waals surface area contributed by atoms with Crippen LogP contribution in [0.1, 0.15) is 26.2 Å². The highest BCUT2D eigenvalue weighted by atomic mass is 16.5. The van der Waals surface area contributed by atoms with Crippen LogP contribution < -0.4 is 5.32 Å². The molecule has 1 fully saturated rings. The lowest BCUT2D eigenvalue weighted by Crippen LogP contribution is -2.48. The molecule has 0 aliphatic carbocycles. The Morgan fingerprint density at radius 3 is 2.58 bits per heavy atom. The minimum absolute atomic E-state index is 0.321. The van der Waals surface area contributed by atoms with Crippen molar-refractivity contribution in [2.75, 3.05) is 67.1 Å². The lowest BCUT2D eigenvalue weighted by molar-refractivity contribution is -0.0226. The van der Waals surface area contributed by atoms with Crippen molar-refractivity contribution in [1.82, 2.24) is 15.1 Å². The SMILES string of the molecule is CCNCC1(CN(C)CCCN(C)C)CCCOC1. The summed E-state index contributed by atoms with van der Waals surface area (Å²) in [7, 11) is 6.53. The Labute approximate surface area is 119 Å². The van der Waals surface area contributed by atoms with Gasteiger partial charge in [0.25, 0.3) is 0 Å². The van der Waals surface area contributed by atoms with Gasteiger partial charge in [0.05, 0.1) is 6.61 Å². The smallest absolute Gasteiger partial charge is 0.0546 e. The molecule has 1 N–H and O–H groups in total. The zero-order valence-corrected chi connectivity index (χ0v) is 13.4. The van der Waals surface area contributed by atoms with Gasteiger partial charge in [0, 0.05) is 25.1 Å². The summed E-state index contributed by atoms with van der Waals surface area (Å²) < 4.78 is 5.75. The number of rotatable bonds is 9. The molecule has 1 rings (SSSR count). The van der Waals surface area contributed by atoms with E-state index in [1.165, 1.54) is 32.4 Å². The lowest BCUT2D eigenvalue weighted by atomic mass is 9.81. The molecule has 0 aromatic rings. The van der Waals surface area contributed by atoms with Gasteiger partial charge in [0.15, 0.2) is 0 Å². The van der Waals surface area contributed by atoms with E-state index in [4.69, 9.17) is 4.74 Å². The summed E-state index contributed by atoms with van der Waals surface area (Å²) in [4.78, 5) is 4.74. The third-order valence-electron chi connectivity index (χ3n) is 3.90. The molecular formula is C15H33N3O. The lowest BCUT2D eigenvalue weighted by Gasteiger charge is -2.40. The number of hydrogen-bond donors (Lipinski definition) is 1. The second-order valence-corrected chi connectivity index (χ2v) is 6.33. The first-order chi connectivity index (χ1) is 9.08. The normalized spacial score (nSPS) is 24.3. The number of hydrogen-bond acceptors (Lipinski definition) is 4. The van der Waals surface area contributed by atoms with Crippen LogP contribution in [-0.2, 0) is 4.74 Å². The number of ether oxygens (including phenoxy) is 1. The van der Waals surface area contributed by atoms with E-state index in [-0.39, 0.29) is 0 Å². The molecule has 0 saturated carbocycles. The van der Waals surface area contributed by atoms with Crippen LogP contribution in [0.3, 0.4) is 0 Å². The number of nitrogens with one attached hydrogen (secondary N) is 1. The van der Waals surface area contributed by atoms with Gasteiger partial charge in [-0.15, -0.1) is 0 Å². The Bertz CT molecular complexity index is 227. The van der Waals surface area contributed by atoms with Crippen LogP contribution in [0, 0.1) is 5.41 Å². The molecule has 1 atom stereocenters. The average Bonchev–Trinajstić information content (AvgIpc) is 2.37. The first kappa shape index (κ1) is 16.9. The van der Waals surface area contributed by atoms with Crippen molar-refractivity contribution in [3.63, 3.8) is 0 Å². The molecule has 0 spiro atoms. The topological polar surface area (TPSA) is 27.7 Å². The van der Waals surface area contributed by atoms with Crippen LogP contribution in [-0.4, -0.2) is 76.9 Å². The second-order valence-electron chi connectivity index (χ2n) is 6.33. The highest BCUT2D eigenvalue weighted by molar-refractivity contribution is 4.86. The third kappa shape index (κ3) is 6.70. The summed E-state index contributed by atoms with van der Waals surface area (Å²) >= 11 is 0. The van der Waals surface area contributed by atoms with Gasteiger partial charge in [-0.05, 0) is 60.0 Å². The molecule has 4 nitrogen and oxygen atoms in total. The first-order valence-corrected chi connectivity index (χ1v) is 7.70. The van der Waals surface area contributed by atoms with Gasteiger partial charge in [-0.25, -0.2) is 0 Å². The van der Waals surface area contributed by atoms with Crippen molar-refractivity contribution in [3.05, 3.63) is 0 Å². The molecule has 114 valence electrons. The highest BCUT2D eigenvalue weighted by Crippen LogP contribution is 2.28. The van der Waals surface area contributed by atoms with Gasteiger partial charge >= 0.3 is 0 Å². The van der Waals surface area contributed by atoms with Crippen LogP contribution >= 0.6 is 0 Å². The van der Waals surface area contributed by atoms with E-state index < -0.39 is 0 Å². The van der Waals surface area contributed by atoms with Gasteiger partial charge in [0.1, 0.15) is 0 Å². The molecule has 0 bridgehead atoms. The predicted molar refractivity (Wildman–Crippen MR) is 81.7 cm³/mol. The Morgan fingerprint density at radius 2 is 2.00 bits per heavy atom. The molecule has 19 heavy (non-hydrogen) atoms. The maximum Gasteiger partial charge on any atom is 0.0546 e. The molecule has 1 aliphatic heterocycles. The Hall–Kier alpha value is -0.160. The molecular weight excluding hydrogens is 238 g/mol. The van der Waals surface area contributed by atoms with Crippen LogP contribution in [0.15, 0.2) is 0 Å². The third-order valence-corrected chi connectivity index (χ3v) is 3.90. The summed E-state index contributed by atoms with van der Waals surface area (Å²) in [6.07, 6.45) is 3.73. The summed E-state index contributed by atoms with van der Waals surface area (Å²) in [5.74, 6) is 0. The largest absolute Gasteiger partial charge is 0.381 e. The molecule has 1 unspecified atom stereocenters. The number of nitrogens with zero attached hydrogens (tertiary/aromatic N) is 2. The second kappa shape index (κ2) is 8.90. The van der Waals surface area contributed by atoms with E-state index in [2.05, 4.69) is 43.2 Å². The summed E-state index contributed by atoms with van der Waals surface area (Å²) in [5.41, 5.74) is 0.321. The minimum Gasteiger partial charge on any atom is -0.381 e. The first-order valence-electron chi connectivity index (χ1n) is 7.70. The quantitative estimate of drug-likeness (QED) is 0.684. The summed E-state index contributed by atoms with van der Waals surface area (Å²) in [5, 5.41) is 3.52. The fourth-order valence-corrected chi connectivity index (χ4v) is 2.93. The van der Waals surface area contributed by atoms with Gasteiger partial charge in [-0.1, -0.05) is 6.92 Å². The monoisotopic (exact) mass is 271 g/mol. The van der Waals surface area contributed by atoms with Gasteiger partial charge < -0.3 is 19.9 Å². The fourth-order valence-electron chi connectivity index (χ4n) is 2.93. The Kier molecular flexibility index (Phi) is 7.91. The molecule has 1 saturated heterocycles. The molecule has 0 amide bonds. The molecule has 0 aromatic carbocycles. The van der Waals surface area contributed by atoms with Crippen LogP contribution in [0.2, 0.25) is 0 Å². The highest BCUT2D eigenvalue weighted by Gasteiger charge is 2.33. The maximum absolute atomic E-state index is 5.75. The Morgan fingerprint density at radius 1 is 1.21 bits per heavy atom. The molecule has 0 aromatic heterocycles. The van der Waals surface area contributed by atoms with E-state index in [9.17, 15) is 0 Å². The van der Waals surface area contributed by atoms with Crippen molar-refractivity contribution < 1.29 is 4.74 Å². The van der Waals surface area contributed by atoms with E-state index in [1.807, 2.05) is 0 Å². The van der Waals surface area contributed by atoms with Crippen molar-refractivity contribution in [3.8, 4) is 0 Å². The fraction of sp³-hybridized carbons (Fsp3) is 1.00. The van der Waals surface area contributed by atoms with Crippen molar-refractivity contribution in [1.29, 1.82) is 0 Å². The molecule has 4 heteroatoms. The van der Waals surface area contributed by atoms with E-state index in [0.29, 0.717) is 5.41 Å². The molecule has 1 heterocycles. The van der Waals surface area contributed by atoms with Crippen molar-refractivity contribution in [2.45, 2.75) is 26.2 Å². The molecule has 1 aliphatic rings. The standard InChI is InChI=1S/C15H33N3O/c1-5-16-12-15(8-6-11-19-14-15)13-18(4)10-7-9-17(2)3/h16H,5-14H2,1-4H3. The van der Waals surface area contributed by atoms with E-state index in [0.717, 1.165) is 32.8 Å². The Balaban J connectivity index is 2.37. The van der Waals surface area contributed by atoms with Gasteiger partial charge in [-0.2, -0.15) is 0 Å². The predicted octanol–water partition coefficient (Wildman–Crippen LogP) is 1.28. The maximum atomic E-state index is 5.75. The summed E-state index contributed by atoms with van der Waals surface area (Å²) in [6, 6.07) is 0. The van der Waals surface area contributed by atoms with Crippen molar-refractivity contribution in [2.24, 2.45) is 5.41 Å². The van der Waals surface area contributed by atoms with E-state index >= 15 is 0 Å². The van der Waals surface area contributed by atoms with Crippen molar-refractivity contribution >= 4 is 0 Å². The zero-order chi connectivity index (χ0) is 14.1. The van der Waals surface area contributed by atoms with Gasteiger partial charge in [0.2, 0.25) is 0 Å². The minimum atomic E-state index is 0.321. The van der Waals surface area contributed by atoms with Crippen LogP contribution in [0.4, 0.5) is 0 Å². The molecule has 0 radical (unpaired) electrons. The average molecular weight is 271 g/mol. The van der Waals surface area contributed by atoms with Crippen LogP contribution in [0.25, 0.3) is 0 Å². The van der Waals surface area contributed by atoms with E-state index in [1.54, 1.807) is 0 Å². The van der Waals surface area contributed by atoms with Crippen LogP contribution in [0.5, 0.6) is 0 Å². The summed E-state index contributed by atoms with van der Waals surface area (Å²) in [6.45, 7) is 9.66. The van der Waals surface area contributed by atoms with Gasteiger partial charge in [-0.3, -0.25) is 0 Å². The zero-order valence-electron chi connectivity index (χ0n) is 13.4.